The molecule has 3 heterocycles. The molecule has 1 saturated heterocycles. The number of carbonyl (C=O) groups excluding carboxylic acids is 1. The van der Waals surface area contributed by atoms with Gasteiger partial charge in [0.25, 0.3) is 0 Å². The molecule has 1 saturated carbocycles. The third-order valence-electron chi connectivity index (χ3n) is 5.73. The zero-order valence-electron chi connectivity index (χ0n) is 16.9. The normalized spacial score (nSPS) is 17.2. The van der Waals surface area contributed by atoms with E-state index in [1.165, 1.54) is 12.8 Å². The lowest BCUT2D eigenvalue weighted by Gasteiger charge is -2.32. The second kappa shape index (κ2) is 9.67. The quantitative estimate of drug-likeness (QED) is 0.681. The maximum absolute atomic E-state index is 12.1. The van der Waals surface area contributed by atoms with Crippen LogP contribution in [0, 0.1) is 5.92 Å². The van der Waals surface area contributed by atoms with Crippen LogP contribution < -0.4 is 15.5 Å². The monoisotopic (exact) mass is 394 g/mol. The third kappa shape index (κ3) is 6.14. The van der Waals surface area contributed by atoms with Crippen LogP contribution in [0.2, 0.25) is 0 Å². The average Bonchev–Trinajstić information content (AvgIpc) is 3.58. The number of hydrogen-bond donors (Lipinski definition) is 2. The summed E-state index contributed by atoms with van der Waals surface area (Å²) < 4.78 is 0. The first-order valence-corrected chi connectivity index (χ1v) is 10.8. The van der Waals surface area contributed by atoms with Gasteiger partial charge in [0.05, 0.1) is 0 Å². The van der Waals surface area contributed by atoms with Crippen LogP contribution >= 0.6 is 0 Å². The molecular weight excluding hydrogens is 364 g/mol. The number of nitrogens with zero attached hydrogens (tertiary/aromatic N) is 4. The number of aromatic nitrogens is 3. The van der Waals surface area contributed by atoms with Crippen LogP contribution in [0.1, 0.15) is 44.2 Å². The van der Waals surface area contributed by atoms with Crippen LogP contribution in [0.5, 0.6) is 0 Å². The Kier molecular flexibility index (Phi) is 6.54. The SMILES string of the molecule is O=C(CCC1CCN(c2cc(NC3CC3)ncn2)CC1)NCCc1ccccn1. The highest BCUT2D eigenvalue weighted by Gasteiger charge is 2.23. The number of anilines is 2. The molecule has 1 aliphatic heterocycles. The Morgan fingerprint density at radius 2 is 1.97 bits per heavy atom. The van der Waals surface area contributed by atoms with Gasteiger partial charge in [-0.3, -0.25) is 9.78 Å². The van der Waals surface area contributed by atoms with Crippen LogP contribution in [-0.2, 0) is 11.2 Å². The van der Waals surface area contributed by atoms with Crippen LogP contribution in [0.15, 0.2) is 36.8 Å². The lowest BCUT2D eigenvalue weighted by Crippen LogP contribution is -2.35. The van der Waals surface area contributed by atoms with Crippen molar-refractivity contribution in [1.29, 1.82) is 0 Å². The zero-order chi connectivity index (χ0) is 19.9. The molecule has 2 N–H and O–H groups in total. The summed E-state index contributed by atoms with van der Waals surface area (Å²) in [6.07, 6.45) is 10.5. The molecule has 0 bridgehead atoms. The van der Waals surface area contributed by atoms with Gasteiger partial charge in [0, 0.05) is 56.5 Å². The third-order valence-corrected chi connectivity index (χ3v) is 5.73. The lowest BCUT2D eigenvalue weighted by molar-refractivity contribution is -0.121. The Morgan fingerprint density at radius 3 is 2.72 bits per heavy atom. The Morgan fingerprint density at radius 1 is 1.10 bits per heavy atom. The molecule has 0 unspecified atom stereocenters. The molecule has 0 spiro atoms. The number of amides is 1. The summed E-state index contributed by atoms with van der Waals surface area (Å²) in [6.45, 7) is 2.64. The highest BCUT2D eigenvalue weighted by Crippen LogP contribution is 2.27. The van der Waals surface area contributed by atoms with E-state index in [1.807, 2.05) is 18.2 Å². The summed E-state index contributed by atoms with van der Waals surface area (Å²) in [5.41, 5.74) is 1.01. The predicted molar refractivity (Wildman–Crippen MR) is 114 cm³/mol. The van der Waals surface area contributed by atoms with Crippen molar-refractivity contribution >= 4 is 17.5 Å². The fraction of sp³-hybridized carbons (Fsp3) is 0.545. The van der Waals surface area contributed by atoms with Crippen molar-refractivity contribution < 1.29 is 4.79 Å². The maximum Gasteiger partial charge on any atom is 0.220 e. The fourth-order valence-electron chi connectivity index (χ4n) is 3.79. The van der Waals surface area contributed by atoms with Crippen molar-refractivity contribution in [2.24, 2.45) is 5.92 Å². The van der Waals surface area contributed by atoms with Crippen molar-refractivity contribution in [3.63, 3.8) is 0 Å². The molecule has 2 aromatic rings. The van der Waals surface area contributed by atoms with E-state index in [4.69, 9.17) is 0 Å². The van der Waals surface area contributed by atoms with Crippen LogP contribution in [0.25, 0.3) is 0 Å². The Hall–Kier alpha value is -2.70. The second-order valence-electron chi connectivity index (χ2n) is 8.07. The van der Waals surface area contributed by atoms with E-state index in [2.05, 4.69) is 36.6 Å². The van der Waals surface area contributed by atoms with Gasteiger partial charge in [-0.1, -0.05) is 6.07 Å². The zero-order valence-corrected chi connectivity index (χ0v) is 16.9. The molecule has 1 amide bonds. The number of rotatable bonds is 9. The number of hydrogen-bond acceptors (Lipinski definition) is 6. The van der Waals surface area contributed by atoms with Gasteiger partial charge < -0.3 is 15.5 Å². The molecule has 29 heavy (non-hydrogen) atoms. The molecular formula is C22H30N6O. The minimum Gasteiger partial charge on any atom is -0.367 e. The number of piperidine rings is 1. The van der Waals surface area contributed by atoms with E-state index < -0.39 is 0 Å². The molecule has 154 valence electrons. The van der Waals surface area contributed by atoms with E-state index in [-0.39, 0.29) is 5.91 Å². The van der Waals surface area contributed by atoms with Crippen molar-refractivity contribution in [2.75, 3.05) is 29.9 Å². The summed E-state index contributed by atoms with van der Waals surface area (Å²) in [4.78, 5) is 27.5. The van der Waals surface area contributed by atoms with Gasteiger partial charge in [-0.15, -0.1) is 0 Å². The van der Waals surface area contributed by atoms with Gasteiger partial charge in [0.15, 0.2) is 0 Å². The van der Waals surface area contributed by atoms with E-state index in [1.54, 1.807) is 12.5 Å². The van der Waals surface area contributed by atoms with E-state index in [9.17, 15) is 4.79 Å². The summed E-state index contributed by atoms with van der Waals surface area (Å²) in [7, 11) is 0. The minimum atomic E-state index is 0.148. The number of carbonyl (C=O) groups is 1. The largest absolute Gasteiger partial charge is 0.367 e. The summed E-state index contributed by atoms with van der Waals surface area (Å²) >= 11 is 0. The molecule has 0 radical (unpaired) electrons. The predicted octanol–water partition coefficient (Wildman–Crippen LogP) is 2.80. The first kappa shape index (κ1) is 19.6. The molecule has 2 aliphatic rings. The molecule has 1 aliphatic carbocycles. The first-order chi connectivity index (χ1) is 14.3. The smallest absolute Gasteiger partial charge is 0.220 e. The van der Waals surface area contributed by atoms with Crippen LogP contribution in [-0.4, -0.2) is 46.5 Å². The topological polar surface area (TPSA) is 83.0 Å². The van der Waals surface area contributed by atoms with E-state index >= 15 is 0 Å². The fourth-order valence-corrected chi connectivity index (χ4v) is 3.79. The van der Waals surface area contributed by atoms with Crippen molar-refractivity contribution in [1.82, 2.24) is 20.3 Å². The lowest BCUT2D eigenvalue weighted by atomic mass is 9.92. The van der Waals surface area contributed by atoms with Gasteiger partial charge in [-0.05, 0) is 50.2 Å². The second-order valence-corrected chi connectivity index (χ2v) is 8.07. The Bertz CT molecular complexity index is 787. The van der Waals surface area contributed by atoms with Gasteiger partial charge in [0.1, 0.15) is 18.0 Å². The molecule has 2 aromatic heterocycles. The Balaban J connectivity index is 1.14. The highest BCUT2D eigenvalue weighted by molar-refractivity contribution is 5.75. The van der Waals surface area contributed by atoms with Gasteiger partial charge >= 0.3 is 0 Å². The first-order valence-electron chi connectivity index (χ1n) is 10.8. The number of nitrogens with one attached hydrogen (secondary N) is 2. The van der Waals surface area contributed by atoms with Crippen LogP contribution in [0.3, 0.4) is 0 Å². The Labute approximate surface area is 172 Å². The van der Waals surface area contributed by atoms with Crippen molar-refractivity contribution in [3.05, 3.63) is 42.5 Å². The van der Waals surface area contributed by atoms with E-state index in [0.717, 1.165) is 56.1 Å². The molecule has 0 aromatic carbocycles. The van der Waals surface area contributed by atoms with Crippen molar-refractivity contribution in [3.8, 4) is 0 Å². The molecule has 0 atom stereocenters. The molecule has 4 rings (SSSR count). The maximum atomic E-state index is 12.1. The highest BCUT2D eigenvalue weighted by atomic mass is 16.1. The van der Waals surface area contributed by atoms with Gasteiger partial charge in [-0.2, -0.15) is 0 Å². The van der Waals surface area contributed by atoms with Gasteiger partial charge in [0.2, 0.25) is 5.91 Å². The molecule has 7 heteroatoms. The average molecular weight is 395 g/mol. The molecule has 2 fully saturated rings. The summed E-state index contributed by atoms with van der Waals surface area (Å²) in [5.74, 6) is 2.70. The molecule has 7 nitrogen and oxygen atoms in total. The van der Waals surface area contributed by atoms with Crippen LogP contribution in [0.4, 0.5) is 11.6 Å². The van der Waals surface area contributed by atoms with Crippen molar-refractivity contribution in [2.45, 2.75) is 51.0 Å². The van der Waals surface area contributed by atoms with Gasteiger partial charge in [-0.25, -0.2) is 9.97 Å². The summed E-state index contributed by atoms with van der Waals surface area (Å²) in [6, 6.07) is 8.53. The number of pyridine rings is 1. The summed E-state index contributed by atoms with van der Waals surface area (Å²) in [5, 5.41) is 6.46. The standard InChI is InChI=1S/C22H30N6O/c29-22(24-12-8-18-3-1-2-11-23-18)7-4-17-9-13-28(14-10-17)21-15-20(25-16-26-21)27-19-5-6-19/h1-3,11,15-17,19H,4-10,12-14H2,(H,24,29)(H,25,26,27). The minimum absolute atomic E-state index is 0.148. The van der Waals surface area contributed by atoms with E-state index in [0.29, 0.717) is 24.9 Å².